The monoisotopic (exact) mass is 408 g/mol. The molecule has 0 spiro atoms. The molecule has 4 rings (SSSR count). The molecular weight excluding hydrogens is 395 g/mol. The maximum atomic E-state index is 12.4. The Morgan fingerprint density at radius 2 is 1.54 bits per heavy atom. The number of halogens is 2. The van der Waals surface area contributed by atoms with E-state index in [-0.39, 0.29) is 11.5 Å². The minimum Gasteiger partial charge on any atom is -0.457 e. The Balaban J connectivity index is 1.49. The van der Waals surface area contributed by atoms with Crippen LogP contribution in [0.3, 0.4) is 0 Å². The standard InChI is InChI=1S/C23H14Cl2O3/c24-16-7-5-15(6-8-16)21-12-10-17(27-21)9-11-20(26)23-14-13-22(28-23)18-3-1-2-4-19(18)25/h1-14H. The van der Waals surface area contributed by atoms with Crippen LogP contribution in [-0.2, 0) is 0 Å². The van der Waals surface area contributed by atoms with Crippen molar-refractivity contribution in [1.29, 1.82) is 0 Å². The third-order valence-electron chi connectivity index (χ3n) is 4.14. The van der Waals surface area contributed by atoms with Crippen LogP contribution in [-0.4, -0.2) is 5.78 Å². The second-order valence-corrected chi connectivity index (χ2v) is 6.89. The molecule has 0 amide bonds. The van der Waals surface area contributed by atoms with Gasteiger partial charge in [-0.25, -0.2) is 0 Å². The molecule has 0 aliphatic rings. The Morgan fingerprint density at radius 3 is 2.32 bits per heavy atom. The lowest BCUT2D eigenvalue weighted by Crippen LogP contribution is -1.90. The highest BCUT2D eigenvalue weighted by Gasteiger charge is 2.12. The largest absolute Gasteiger partial charge is 0.457 e. The number of carbonyl (C=O) groups is 1. The van der Waals surface area contributed by atoms with Gasteiger partial charge in [-0.2, -0.15) is 0 Å². The minimum absolute atomic E-state index is 0.232. The summed E-state index contributed by atoms with van der Waals surface area (Å²) in [6, 6.07) is 21.7. The maximum absolute atomic E-state index is 12.4. The van der Waals surface area contributed by atoms with Gasteiger partial charge in [-0.3, -0.25) is 4.79 Å². The van der Waals surface area contributed by atoms with Crippen molar-refractivity contribution >= 4 is 35.1 Å². The zero-order chi connectivity index (χ0) is 19.5. The van der Waals surface area contributed by atoms with Crippen molar-refractivity contribution in [1.82, 2.24) is 0 Å². The Morgan fingerprint density at radius 1 is 0.786 bits per heavy atom. The van der Waals surface area contributed by atoms with E-state index in [1.165, 1.54) is 6.08 Å². The van der Waals surface area contributed by atoms with E-state index in [4.69, 9.17) is 32.0 Å². The number of hydrogen-bond acceptors (Lipinski definition) is 3. The SMILES string of the molecule is O=C(C=Cc1ccc(-c2ccc(Cl)cc2)o1)c1ccc(-c2ccccc2Cl)o1. The van der Waals surface area contributed by atoms with E-state index >= 15 is 0 Å². The van der Waals surface area contributed by atoms with Crippen molar-refractivity contribution < 1.29 is 13.6 Å². The summed E-state index contributed by atoms with van der Waals surface area (Å²) in [5.74, 6) is 1.78. The van der Waals surface area contributed by atoms with Crippen molar-refractivity contribution in [3.63, 3.8) is 0 Å². The van der Waals surface area contributed by atoms with E-state index in [2.05, 4.69) is 0 Å². The van der Waals surface area contributed by atoms with Crippen molar-refractivity contribution in [3.8, 4) is 22.6 Å². The van der Waals surface area contributed by atoms with Crippen LogP contribution in [0.2, 0.25) is 10.0 Å². The van der Waals surface area contributed by atoms with Crippen LogP contribution in [0.1, 0.15) is 16.3 Å². The molecule has 4 aromatic rings. The number of furan rings is 2. The van der Waals surface area contributed by atoms with Gasteiger partial charge in [0.25, 0.3) is 0 Å². The third-order valence-corrected chi connectivity index (χ3v) is 4.72. The molecule has 2 aromatic heterocycles. The van der Waals surface area contributed by atoms with Gasteiger partial charge in [-0.1, -0.05) is 35.3 Å². The summed E-state index contributed by atoms with van der Waals surface area (Å²) in [6.45, 7) is 0. The van der Waals surface area contributed by atoms with E-state index in [9.17, 15) is 4.79 Å². The molecule has 0 aliphatic heterocycles. The van der Waals surface area contributed by atoms with Crippen LogP contribution in [0.15, 0.2) is 87.7 Å². The molecule has 0 saturated heterocycles. The molecule has 28 heavy (non-hydrogen) atoms. The number of hydrogen-bond donors (Lipinski definition) is 0. The average molecular weight is 409 g/mol. The van der Waals surface area contributed by atoms with Gasteiger partial charge >= 0.3 is 0 Å². The van der Waals surface area contributed by atoms with E-state index in [0.717, 1.165) is 11.1 Å². The molecule has 0 N–H and O–H groups in total. The van der Waals surface area contributed by atoms with Crippen molar-refractivity contribution in [2.24, 2.45) is 0 Å². The smallest absolute Gasteiger partial charge is 0.221 e. The van der Waals surface area contributed by atoms with E-state index in [1.54, 1.807) is 42.5 Å². The molecule has 2 aromatic carbocycles. The number of ketones is 1. The van der Waals surface area contributed by atoms with Crippen molar-refractivity contribution in [3.05, 3.63) is 100 Å². The lowest BCUT2D eigenvalue weighted by molar-refractivity contribution is 0.102. The van der Waals surface area contributed by atoms with Gasteiger partial charge in [0.1, 0.15) is 17.3 Å². The first-order valence-electron chi connectivity index (χ1n) is 8.53. The zero-order valence-electron chi connectivity index (χ0n) is 14.6. The highest BCUT2D eigenvalue weighted by atomic mass is 35.5. The summed E-state index contributed by atoms with van der Waals surface area (Å²) in [4.78, 5) is 12.4. The minimum atomic E-state index is -0.261. The Kier molecular flexibility index (Phi) is 5.20. The molecule has 0 aliphatic carbocycles. The van der Waals surface area contributed by atoms with Gasteiger partial charge in [0.05, 0.1) is 5.02 Å². The summed E-state index contributed by atoms with van der Waals surface area (Å²) < 4.78 is 11.4. The summed E-state index contributed by atoms with van der Waals surface area (Å²) in [6.07, 6.45) is 3.03. The molecular formula is C23H14Cl2O3. The van der Waals surface area contributed by atoms with Gasteiger partial charge in [0, 0.05) is 16.1 Å². The van der Waals surface area contributed by atoms with Crippen molar-refractivity contribution in [2.45, 2.75) is 0 Å². The molecule has 0 unspecified atom stereocenters. The second-order valence-electron chi connectivity index (χ2n) is 6.05. The number of benzene rings is 2. The molecule has 138 valence electrons. The Labute approximate surface area is 171 Å². The summed E-state index contributed by atoms with van der Waals surface area (Å²) in [7, 11) is 0. The van der Waals surface area contributed by atoms with Gasteiger partial charge in [-0.15, -0.1) is 0 Å². The van der Waals surface area contributed by atoms with Crippen LogP contribution < -0.4 is 0 Å². The topological polar surface area (TPSA) is 43.4 Å². The first-order valence-corrected chi connectivity index (χ1v) is 9.29. The quantitative estimate of drug-likeness (QED) is 0.255. The van der Waals surface area contributed by atoms with Crippen LogP contribution >= 0.6 is 23.2 Å². The van der Waals surface area contributed by atoms with E-state index < -0.39 is 0 Å². The number of carbonyl (C=O) groups excluding carboxylic acids is 1. The van der Waals surface area contributed by atoms with Gasteiger partial charge in [-0.05, 0) is 72.8 Å². The van der Waals surface area contributed by atoms with Gasteiger partial charge in [0.2, 0.25) is 5.78 Å². The lowest BCUT2D eigenvalue weighted by Gasteiger charge is -1.99. The molecule has 0 saturated carbocycles. The molecule has 0 atom stereocenters. The molecule has 0 radical (unpaired) electrons. The fourth-order valence-electron chi connectivity index (χ4n) is 2.73. The number of rotatable bonds is 5. The first kappa shape index (κ1) is 18.4. The van der Waals surface area contributed by atoms with Crippen molar-refractivity contribution in [2.75, 3.05) is 0 Å². The third kappa shape index (κ3) is 3.96. The highest BCUT2D eigenvalue weighted by Crippen LogP contribution is 2.29. The molecule has 3 nitrogen and oxygen atoms in total. The molecule has 5 heteroatoms. The van der Waals surface area contributed by atoms with Crippen LogP contribution in [0.5, 0.6) is 0 Å². The van der Waals surface area contributed by atoms with Gasteiger partial charge < -0.3 is 8.83 Å². The fraction of sp³-hybridized carbons (Fsp3) is 0. The zero-order valence-corrected chi connectivity index (χ0v) is 16.1. The van der Waals surface area contributed by atoms with E-state index in [0.29, 0.717) is 27.3 Å². The van der Waals surface area contributed by atoms with Gasteiger partial charge in [0.15, 0.2) is 5.76 Å². The van der Waals surface area contributed by atoms with Crippen LogP contribution in [0.25, 0.3) is 28.7 Å². The summed E-state index contributed by atoms with van der Waals surface area (Å²) in [5, 5.41) is 1.23. The lowest BCUT2D eigenvalue weighted by atomic mass is 10.2. The summed E-state index contributed by atoms with van der Waals surface area (Å²) >= 11 is 12.1. The maximum Gasteiger partial charge on any atom is 0.221 e. The normalized spacial score (nSPS) is 11.2. The van der Waals surface area contributed by atoms with Crippen LogP contribution in [0.4, 0.5) is 0 Å². The Bertz CT molecular complexity index is 1150. The predicted octanol–water partition coefficient (Wildman–Crippen LogP) is 7.41. The average Bonchev–Trinajstić information content (AvgIpc) is 3.37. The predicted molar refractivity (Wildman–Crippen MR) is 112 cm³/mol. The van der Waals surface area contributed by atoms with E-state index in [1.807, 2.05) is 36.4 Å². The van der Waals surface area contributed by atoms with Crippen LogP contribution in [0, 0.1) is 0 Å². The number of allylic oxidation sites excluding steroid dienone is 1. The Hall–Kier alpha value is -3.01. The molecule has 0 fully saturated rings. The molecule has 2 heterocycles. The second kappa shape index (κ2) is 7.93. The molecule has 0 bridgehead atoms. The first-order chi connectivity index (χ1) is 13.6. The fourth-order valence-corrected chi connectivity index (χ4v) is 3.08. The summed E-state index contributed by atoms with van der Waals surface area (Å²) in [5.41, 5.74) is 1.65. The highest BCUT2D eigenvalue weighted by molar-refractivity contribution is 6.33.